The smallest absolute Gasteiger partial charge is 0.0990 e. The van der Waals surface area contributed by atoms with Crippen LogP contribution in [0.2, 0.25) is 0 Å². The van der Waals surface area contributed by atoms with E-state index in [1.165, 1.54) is 13.3 Å². The van der Waals surface area contributed by atoms with Crippen molar-refractivity contribution in [2.24, 2.45) is 5.10 Å². The average Bonchev–Trinajstić information content (AvgIpc) is 1.68. The van der Waals surface area contributed by atoms with Gasteiger partial charge in [0, 0.05) is 0 Å². The maximum absolute atomic E-state index is 9.99. The Balaban J connectivity index is 3.16. The lowest BCUT2D eigenvalue weighted by atomic mass is 10.9. The monoisotopic (exact) mass is 104 g/mol. The Labute approximate surface area is 41.9 Å². The summed E-state index contributed by atoms with van der Waals surface area (Å²) in [5.74, 6) is 0. The SMILES string of the molecule is C/C=N/[NH+]([O-])OC. The summed E-state index contributed by atoms with van der Waals surface area (Å²) in [5, 5.41) is 12.7. The minimum atomic E-state index is -0.553. The average molecular weight is 104 g/mol. The molecule has 0 aromatic heterocycles. The van der Waals surface area contributed by atoms with E-state index in [0.717, 1.165) is 0 Å². The van der Waals surface area contributed by atoms with Crippen LogP contribution in [0.3, 0.4) is 0 Å². The van der Waals surface area contributed by atoms with Gasteiger partial charge in [-0.3, -0.25) is 0 Å². The van der Waals surface area contributed by atoms with E-state index in [-0.39, 0.29) is 0 Å². The van der Waals surface area contributed by atoms with Crippen LogP contribution in [0.5, 0.6) is 0 Å². The summed E-state index contributed by atoms with van der Waals surface area (Å²) in [5.41, 5.74) is 0. The van der Waals surface area contributed by atoms with Crippen molar-refractivity contribution in [3.8, 4) is 0 Å². The Morgan fingerprint density at radius 2 is 2.43 bits per heavy atom. The van der Waals surface area contributed by atoms with Gasteiger partial charge in [0.15, 0.2) is 0 Å². The Morgan fingerprint density at radius 1 is 1.86 bits per heavy atom. The van der Waals surface area contributed by atoms with E-state index in [4.69, 9.17) is 0 Å². The molecule has 0 rings (SSSR count). The molecule has 0 aromatic rings. The highest BCUT2D eigenvalue weighted by molar-refractivity contribution is 5.51. The zero-order chi connectivity index (χ0) is 5.70. The van der Waals surface area contributed by atoms with Crippen LogP contribution < -0.4 is 5.34 Å². The van der Waals surface area contributed by atoms with Crippen molar-refractivity contribution in [1.82, 2.24) is 0 Å². The van der Waals surface area contributed by atoms with Gasteiger partial charge < -0.3 is 5.21 Å². The van der Waals surface area contributed by atoms with Gasteiger partial charge in [0.2, 0.25) is 0 Å². The molecule has 0 aliphatic rings. The van der Waals surface area contributed by atoms with E-state index >= 15 is 0 Å². The van der Waals surface area contributed by atoms with Gasteiger partial charge in [-0.2, -0.15) is 4.84 Å². The van der Waals surface area contributed by atoms with Crippen LogP contribution in [-0.2, 0) is 4.84 Å². The molecule has 0 radical (unpaired) electrons. The van der Waals surface area contributed by atoms with Crippen molar-refractivity contribution >= 4 is 6.21 Å². The molecule has 0 fully saturated rings. The molecule has 0 aromatic carbocycles. The van der Waals surface area contributed by atoms with Crippen LogP contribution >= 0.6 is 0 Å². The standard InChI is InChI=1S/C3H8N2O2/c1-3-4-5(6)7-2/h3,5H,1-2H3/b4-3+. The molecule has 0 saturated heterocycles. The topological polar surface area (TPSA) is 49.1 Å². The molecule has 0 aliphatic carbocycles. The lowest BCUT2D eigenvalue weighted by Gasteiger charge is -2.06. The predicted octanol–water partition coefficient (Wildman–Crippen LogP) is -1.06. The third-order valence-corrected chi connectivity index (χ3v) is 0.409. The van der Waals surface area contributed by atoms with Crippen molar-refractivity contribution in [2.45, 2.75) is 6.92 Å². The van der Waals surface area contributed by atoms with Crippen LogP contribution in [-0.4, -0.2) is 13.3 Å². The van der Waals surface area contributed by atoms with Crippen LogP contribution in [0.1, 0.15) is 6.92 Å². The van der Waals surface area contributed by atoms with Gasteiger partial charge in [-0.25, -0.2) is 0 Å². The number of hydrogen-bond acceptors (Lipinski definition) is 3. The summed E-state index contributed by atoms with van der Waals surface area (Å²) >= 11 is 0. The predicted molar refractivity (Wildman–Crippen MR) is 25.5 cm³/mol. The van der Waals surface area contributed by atoms with Crippen LogP contribution in [0.25, 0.3) is 0 Å². The largest absolute Gasteiger partial charge is 0.572 e. The summed E-state index contributed by atoms with van der Waals surface area (Å²) in [4.78, 5) is 4.15. The fourth-order valence-electron chi connectivity index (χ4n) is 0.158. The fourth-order valence-corrected chi connectivity index (χ4v) is 0.158. The summed E-state index contributed by atoms with van der Waals surface area (Å²) in [7, 11) is 1.29. The van der Waals surface area contributed by atoms with Crippen molar-refractivity contribution in [3.05, 3.63) is 5.21 Å². The van der Waals surface area contributed by atoms with E-state index in [1.807, 2.05) is 0 Å². The lowest BCUT2D eigenvalue weighted by molar-refractivity contribution is -1.05. The van der Waals surface area contributed by atoms with E-state index in [0.29, 0.717) is 0 Å². The van der Waals surface area contributed by atoms with E-state index < -0.39 is 5.34 Å². The molecule has 1 N–H and O–H groups in total. The van der Waals surface area contributed by atoms with Crippen molar-refractivity contribution < 1.29 is 10.2 Å². The highest BCUT2D eigenvalue weighted by Gasteiger charge is 1.78. The number of nitrogens with one attached hydrogen (secondary N) is 1. The Hall–Kier alpha value is -0.450. The van der Waals surface area contributed by atoms with Crippen molar-refractivity contribution in [3.63, 3.8) is 0 Å². The molecule has 0 heterocycles. The summed E-state index contributed by atoms with van der Waals surface area (Å²) in [6.45, 7) is 1.65. The highest BCUT2D eigenvalue weighted by Crippen LogP contribution is 1.42. The van der Waals surface area contributed by atoms with Gasteiger partial charge in [-0.05, 0) is 6.92 Å². The minimum absolute atomic E-state index is 0.553. The third kappa shape index (κ3) is 3.38. The number of rotatable bonds is 2. The zero-order valence-electron chi connectivity index (χ0n) is 4.34. The number of hydrogen-bond donors (Lipinski definition) is 1. The van der Waals surface area contributed by atoms with Gasteiger partial charge in [0.1, 0.15) is 0 Å². The molecule has 4 heteroatoms. The van der Waals surface area contributed by atoms with Gasteiger partial charge >= 0.3 is 0 Å². The number of nitrogens with zero attached hydrogens (tertiary/aromatic N) is 1. The maximum atomic E-state index is 9.99. The quantitative estimate of drug-likeness (QED) is 0.358. The molecule has 7 heavy (non-hydrogen) atoms. The Bertz CT molecular complexity index is 64.0. The maximum Gasteiger partial charge on any atom is 0.0990 e. The minimum Gasteiger partial charge on any atom is -0.572 e. The van der Waals surface area contributed by atoms with Crippen LogP contribution in [0.4, 0.5) is 0 Å². The normalized spacial score (nSPS) is 15.3. The van der Waals surface area contributed by atoms with Crippen LogP contribution in [0, 0.1) is 5.21 Å². The summed E-state index contributed by atoms with van der Waals surface area (Å²) in [6.07, 6.45) is 1.38. The first-order chi connectivity index (χ1) is 3.31. The summed E-state index contributed by atoms with van der Waals surface area (Å²) in [6, 6.07) is 0. The molecule has 0 bridgehead atoms. The van der Waals surface area contributed by atoms with Gasteiger partial charge in [0.05, 0.1) is 13.3 Å². The molecular weight excluding hydrogens is 96.0 g/mol. The second-order valence-corrected chi connectivity index (χ2v) is 0.857. The van der Waals surface area contributed by atoms with Gasteiger partial charge in [0.25, 0.3) is 0 Å². The van der Waals surface area contributed by atoms with Crippen molar-refractivity contribution in [2.75, 3.05) is 7.11 Å². The van der Waals surface area contributed by atoms with Crippen LogP contribution in [0.15, 0.2) is 5.10 Å². The van der Waals surface area contributed by atoms with E-state index in [9.17, 15) is 5.21 Å². The first-order valence-corrected chi connectivity index (χ1v) is 1.88. The molecule has 0 amide bonds. The lowest BCUT2D eigenvalue weighted by Crippen LogP contribution is -3.00. The second-order valence-electron chi connectivity index (χ2n) is 0.857. The summed E-state index contributed by atoms with van der Waals surface area (Å²) < 4.78 is 0. The molecule has 4 nitrogen and oxygen atoms in total. The first-order valence-electron chi connectivity index (χ1n) is 1.88. The molecule has 1 atom stereocenters. The van der Waals surface area contributed by atoms with Gasteiger partial charge in [-0.15, -0.1) is 0 Å². The first kappa shape index (κ1) is 6.55. The third-order valence-electron chi connectivity index (χ3n) is 0.409. The van der Waals surface area contributed by atoms with Gasteiger partial charge in [-0.1, -0.05) is 10.4 Å². The fraction of sp³-hybridized carbons (Fsp3) is 0.667. The zero-order valence-corrected chi connectivity index (χ0v) is 4.34. The van der Waals surface area contributed by atoms with Crippen molar-refractivity contribution in [1.29, 1.82) is 0 Å². The van der Waals surface area contributed by atoms with E-state index in [1.54, 1.807) is 6.92 Å². The molecule has 0 aliphatic heterocycles. The molecule has 0 spiro atoms. The molecule has 1 unspecified atom stereocenters. The molecular formula is C3H8N2O2. The highest BCUT2D eigenvalue weighted by atomic mass is 16.9. The molecule has 0 saturated carbocycles. The number of quaternary nitrogens is 1. The molecule has 42 valence electrons. The van der Waals surface area contributed by atoms with E-state index in [2.05, 4.69) is 9.94 Å². The second kappa shape index (κ2) is 3.73. The Kier molecular flexibility index (Phi) is 3.49. The Morgan fingerprint density at radius 3 is 2.57 bits per heavy atom.